The van der Waals surface area contributed by atoms with Crippen LogP contribution >= 0.6 is 11.6 Å². The Hall–Kier alpha value is -1.47. The Kier molecular flexibility index (Phi) is 5.49. The lowest BCUT2D eigenvalue weighted by atomic mass is 10.1. The average Bonchev–Trinajstić information content (AvgIpc) is 2.43. The maximum Gasteiger partial charge on any atom is 0.0467 e. The number of hydrogen-bond acceptors (Lipinski definition) is 1. The minimum Gasteiger partial charge on any atom is -0.355 e. The normalized spacial score (nSPS) is 10.6. The molecule has 2 aromatic carbocycles. The molecule has 0 atom stereocenters. The van der Waals surface area contributed by atoms with Crippen molar-refractivity contribution in [1.82, 2.24) is 0 Å². The smallest absolute Gasteiger partial charge is 0.0467 e. The molecule has 0 amide bonds. The molecule has 2 aromatic rings. The number of benzene rings is 2. The molecule has 0 saturated carbocycles. The molecule has 0 heterocycles. The first kappa shape index (κ1) is 14.9. The molecular weight excluding hydrogens is 266 g/mol. The third-order valence-electron chi connectivity index (χ3n) is 3.39. The predicted octanol–water partition coefficient (Wildman–Crippen LogP) is 5.92. The lowest BCUT2D eigenvalue weighted by Crippen LogP contribution is -1.94. The van der Waals surface area contributed by atoms with Crippen molar-refractivity contribution in [2.75, 3.05) is 5.32 Å². The van der Waals surface area contributed by atoms with Gasteiger partial charge in [-0.15, -0.1) is 0 Å². The molecule has 1 radical (unpaired) electrons. The lowest BCUT2D eigenvalue weighted by molar-refractivity contribution is 0.717. The Balaban J connectivity index is 2.07. The second kappa shape index (κ2) is 7.35. The molecule has 0 fully saturated rings. The monoisotopic (exact) mass is 286 g/mol. The van der Waals surface area contributed by atoms with Gasteiger partial charge in [0.2, 0.25) is 0 Å². The minimum absolute atomic E-state index is 0.769. The van der Waals surface area contributed by atoms with E-state index in [-0.39, 0.29) is 0 Å². The first-order valence-electron chi connectivity index (χ1n) is 7.23. The van der Waals surface area contributed by atoms with Crippen LogP contribution in [0.3, 0.4) is 0 Å². The number of nitrogens with one attached hydrogen (secondary N) is 1. The molecular formula is C18H21ClN. The number of anilines is 2. The van der Waals surface area contributed by atoms with E-state index in [1.54, 1.807) is 0 Å². The number of aryl methyl sites for hydroxylation is 2. The highest BCUT2D eigenvalue weighted by Crippen LogP contribution is 2.24. The molecule has 2 rings (SSSR count). The standard InChI is InChI=1S/C18H21ClN/c1-3-4-5-7-15-8-6-9-17(13-15)20-18-11-10-16(19)12-14(18)2/h6,8,10-13,20H,3-5,7H2,1-2H3. The zero-order valence-electron chi connectivity index (χ0n) is 12.2. The van der Waals surface area contributed by atoms with Gasteiger partial charge in [-0.25, -0.2) is 0 Å². The summed E-state index contributed by atoms with van der Waals surface area (Å²) in [5.74, 6) is 0. The number of rotatable bonds is 6. The molecule has 0 unspecified atom stereocenters. The molecule has 0 aliphatic heterocycles. The lowest BCUT2D eigenvalue weighted by Gasteiger charge is -2.11. The fourth-order valence-electron chi connectivity index (χ4n) is 2.23. The molecule has 2 heteroatoms. The summed E-state index contributed by atoms with van der Waals surface area (Å²) in [6, 6.07) is 15.5. The molecule has 105 valence electrons. The Morgan fingerprint density at radius 3 is 2.75 bits per heavy atom. The number of halogens is 1. The summed E-state index contributed by atoms with van der Waals surface area (Å²) in [5.41, 5.74) is 4.61. The zero-order valence-corrected chi connectivity index (χ0v) is 12.9. The van der Waals surface area contributed by atoms with E-state index in [9.17, 15) is 0 Å². The Bertz CT molecular complexity index is 563. The van der Waals surface area contributed by atoms with Crippen molar-refractivity contribution in [2.24, 2.45) is 0 Å². The van der Waals surface area contributed by atoms with Crippen LogP contribution in [0.5, 0.6) is 0 Å². The van der Waals surface area contributed by atoms with Gasteiger partial charge in [-0.05, 0) is 55.2 Å². The summed E-state index contributed by atoms with van der Waals surface area (Å²) in [5, 5.41) is 4.18. The van der Waals surface area contributed by atoms with Crippen LogP contribution in [0.25, 0.3) is 0 Å². The summed E-state index contributed by atoms with van der Waals surface area (Å²) in [6.07, 6.45) is 4.93. The maximum absolute atomic E-state index is 5.98. The van der Waals surface area contributed by atoms with Crippen molar-refractivity contribution in [3.05, 3.63) is 58.6 Å². The van der Waals surface area contributed by atoms with E-state index < -0.39 is 0 Å². The van der Waals surface area contributed by atoms with Crippen LogP contribution < -0.4 is 5.32 Å². The number of hydrogen-bond donors (Lipinski definition) is 1. The second-order valence-electron chi connectivity index (χ2n) is 5.15. The molecule has 1 N–H and O–H groups in total. The van der Waals surface area contributed by atoms with Crippen LogP contribution in [0, 0.1) is 13.0 Å². The van der Waals surface area contributed by atoms with Crippen LogP contribution in [0.4, 0.5) is 11.4 Å². The summed E-state index contributed by atoms with van der Waals surface area (Å²) < 4.78 is 0. The number of unbranched alkanes of at least 4 members (excludes halogenated alkanes) is 2. The van der Waals surface area contributed by atoms with Crippen molar-refractivity contribution in [3.8, 4) is 0 Å². The fourth-order valence-corrected chi connectivity index (χ4v) is 2.46. The van der Waals surface area contributed by atoms with E-state index in [4.69, 9.17) is 11.6 Å². The topological polar surface area (TPSA) is 12.0 Å². The molecule has 0 aliphatic rings. The van der Waals surface area contributed by atoms with Gasteiger partial charge in [-0.2, -0.15) is 0 Å². The molecule has 0 spiro atoms. The SMILES string of the molecule is CCCCCc1cc[c]c(Nc2ccc(Cl)cc2C)c1. The van der Waals surface area contributed by atoms with Crippen molar-refractivity contribution in [3.63, 3.8) is 0 Å². The average molecular weight is 287 g/mol. The Morgan fingerprint density at radius 2 is 2.00 bits per heavy atom. The molecule has 0 saturated heterocycles. The van der Waals surface area contributed by atoms with Gasteiger partial charge in [0.05, 0.1) is 0 Å². The second-order valence-corrected chi connectivity index (χ2v) is 5.59. The van der Waals surface area contributed by atoms with Crippen molar-refractivity contribution >= 4 is 23.0 Å². The van der Waals surface area contributed by atoms with Crippen LogP contribution in [-0.2, 0) is 6.42 Å². The largest absolute Gasteiger partial charge is 0.355 e. The summed E-state index contributed by atoms with van der Waals surface area (Å²) in [6.45, 7) is 4.29. The predicted molar refractivity (Wildman–Crippen MR) is 88.0 cm³/mol. The van der Waals surface area contributed by atoms with Gasteiger partial charge >= 0.3 is 0 Å². The summed E-state index contributed by atoms with van der Waals surface area (Å²) in [4.78, 5) is 0. The zero-order chi connectivity index (χ0) is 14.4. The van der Waals surface area contributed by atoms with Gasteiger partial charge in [0.1, 0.15) is 0 Å². The van der Waals surface area contributed by atoms with Crippen LogP contribution in [0.15, 0.2) is 36.4 Å². The van der Waals surface area contributed by atoms with Gasteiger partial charge in [-0.1, -0.05) is 43.5 Å². The molecule has 1 nitrogen and oxygen atoms in total. The van der Waals surface area contributed by atoms with Gasteiger partial charge < -0.3 is 5.32 Å². The Labute approximate surface area is 127 Å². The van der Waals surface area contributed by atoms with Gasteiger partial charge in [0, 0.05) is 22.5 Å². The third-order valence-corrected chi connectivity index (χ3v) is 3.63. The van der Waals surface area contributed by atoms with Gasteiger partial charge in [-0.3, -0.25) is 0 Å². The van der Waals surface area contributed by atoms with Crippen molar-refractivity contribution in [2.45, 2.75) is 39.5 Å². The first-order valence-corrected chi connectivity index (χ1v) is 7.60. The van der Waals surface area contributed by atoms with Crippen molar-refractivity contribution in [1.29, 1.82) is 0 Å². The van der Waals surface area contributed by atoms with E-state index in [1.165, 1.54) is 24.8 Å². The van der Waals surface area contributed by atoms with E-state index in [2.05, 4.69) is 37.4 Å². The highest BCUT2D eigenvalue weighted by molar-refractivity contribution is 6.30. The third kappa shape index (κ3) is 4.28. The summed E-state index contributed by atoms with van der Waals surface area (Å²) in [7, 11) is 0. The minimum atomic E-state index is 0.769. The quantitative estimate of drug-likeness (QED) is 0.649. The molecule has 0 aliphatic carbocycles. The van der Waals surface area contributed by atoms with Crippen LogP contribution in [-0.4, -0.2) is 0 Å². The van der Waals surface area contributed by atoms with E-state index >= 15 is 0 Å². The highest BCUT2D eigenvalue weighted by atomic mass is 35.5. The van der Waals surface area contributed by atoms with Gasteiger partial charge in [0.25, 0.3) is 0 Å². The maximum atomic E-state index is 5.98. The van der Waals surface area contributed by atoms with Crippen LogP contribution in [0.1, 0.15) is 37.3 Å². The molecule has 0 aromatic heterocycles. The highest BCUT2D eigenvalue weighted by Gasteiger charge is 2.01. The molecule has 20 heavy (non-hydrogen) atoms. The Morgan fingerprint density at radius 1 is 1.15 bits per heavy atom. The van der Waals surface area contributed by atoms with Crippen LogP contribution in [0.2, 0.25) is 5.02 Å². The summed E-state index contributed by atoms with van der Waals surface area (Å²) >= 11 is 5.98. The van der Waals surface area contributed by atoms with Crippen molar-refractivity contribution < 1.29 is 0 Å². The fraction of sp³-hybridized carbons (Fsp3) is 0.333. The first-order chi connectivity index (χ1) is 9.69. The van der Waals surface area contributed by atoms with E-state index in [0.29, 0.717) is 0 Å². The van der Waals surface area contributed by atoms with E-state index in [1.807, 2.05) is 24.3 Å². The van der Waals surface area contributed by atoms with Gasteiger partial charge in [0.15, 0.2) is 0 Å². The van der Waals surface area contributed by atoms with E-state index in [0.717, 1.165) is 28.4 Å². The molecule has 0 bridgehead atoms.